The number of carbonyl (C=O) groups excluding carboxylic acids is 2. The van der Waals surface area contributed by atoms with E-state index in [0.717, 1.165) is 4.31 Å². The Bertz CT molecular complexity index is 929. The number of hydrogen-bond donors (Lipinski definition) is 1. The Kier molecular flexibility index (Phi) is 8.63. The van der Waals surface area contributed by atoms with E-state index in [1.54, 1.807) is 24.3 Å². The number of sulfonamides is 1. The number of nitrogens with one attached hydrogen (secondary N) is 1. The fourth-order valence-corrected chi connectivity index (χ4v) is 3.07. The number of esters is 1. The molecule has 162 valence electrons. The minimum Gasteiger partial charge on any atom is -0.490 e. The molecule has 0 aliphatic carbocycles. The number of rotatable bonds is 11. The van der Waals surface area contributed by atoms with E-state index < -0.39 is 21.9 Å². The summed E-state index contributed by atoms with van der Waals surface area (Å²) in [5.41, 5.74) is 0. The van der Waals surface area contributed by atoms with Gasteiger partial charge in [-0.1, -0.05) is 18.2 Å². The highest BCUT2D eigenvalue weighted by molar-refractivity contribution is 7.89. The average molecular weight is 436 g/mol. The summed E-state index contributed by atoms with van der Waals surface area (Å²) in [6, 6.07) is 14.7. The monoisotopic (exact) mass is 436 g/mol. The summed E-state index contributed by atoms with van der Waals surface area (Å²) in [6.45, 7) is -0.433. The average Bonchev–Trinajstić information content (AvgIpc) is 2.74. The van der Waals surface area contributed by atoms with Gasteiger partial charge in [0.25, 0.3) is 5.91 Å². The highest BCUT2D eigenvalue weighted by atomic mass is 32.2. The van der Waals surface area contributed by atoms with Gasteiger partial charge in [0.2, 0.25) is 10.0 Å². The molecule has 0 aliphatic rings. The highest BCUT2D eigenvalue weighted by Crippen LogP contribution is 2.18. The second-order valence-electron chi connectivity index (χ2n) is 6.21. The smallest absolute Gasteiger partial charge is 0.325 e. The molecule has 0 radical (unpaired) electrons. The molecule has 0 bridgehead atoms. The van der Waals surface area contributed by atoms with Crippen molar-refractivity contribution in [2.75, 3.05) is 40.5 Å². The summed E-state index contributed by atoms with van der Waals surface area (Å²) >= 11 is 0. The van der Waals surface area contributed by atoms with E-state index in [1.165, 1.54) is 38.4 Å². The van der Waals surface area contributed by atoms with E-state index in [1.807, 2.05) is 6.07 Å². The number of nitrogens with zero attached hydrogens (tertiary/aromatic N) is 1. The summed E-state index contributed by atoms with van der Waals surface area (Å²) in [6.07, 6.45) is 0. The quantitative estimate of drug-likeness (QED) is 0.414. The van der Waals surface area contributed by atoms with Crippen LogP contribution < -0.4 is 14.8 Å². The Labute approximate surface area is 175 Å². The van der Waals surface area contributed by atoms with Crippen molar-refractivity contribution in [3.05, 3.63) is 54.6 Å². The van der Waals surface area contributed by atoms with Crippen LogP contribution in [0.3, 0.4) is 0 Å². The van der Waals surface area contributed by atoms with Crippen LogP contribution in [0, 0.1) is 0 Å². The minimum absolute atomic E-state index is 0.0209. The van der Waals surface area contributed by atoms with Crippen molar-refractivity contribution < 1.29 is 32.2 Å². The molecule has 0 aliphatic heterocycles. The van der Waals surface area contributed by atoms with Crippen LogP contribution >= 0.6 is 0 Å². The molecular formula is C20H24N2O7S. The molecule has 0 spiro atoms. The zero-order valence-corrected chi connectivity index (χ0v) is 17.6. The number of amides is 1. The maximum Gasteiger partial charge on any atom is 0.325 e. The van der Waals surface area contributed by atoms with E-state index in [9.17, 15) is 18.0 Å². The van der Waals surface area contributed by atoms with Crippen LogP contribution in [0.1, 0.15) is 0 Å². The van der Waals surface area contributed by atoms with E-state index >= 15 is 0 Å². The third-order valence-corrected chi connectivity index (χ3v) is 5.59. The SMILES string of the molecule is CN(C)S(=O)(=O)c1ccc(OCCOC(=O)CNC(=O)COc2ccccc2)cc1. The van der Waals surface area contributed by atoms with Crippen LogP contribution in [0.25, 0.3) is 0 Å². The summed E-state index contributed by atoms with van der Waals surface area (Å²) < 4.78 is 40.7. The lowest BCUT2D eigenvalue weighted by atomic mass is 10.3. The lowest BCUT2D eigenvalue weighted by Gasteiger charge is -2.12. The predicted octanol–water partition coefficient (Wildman–Crippen LogP) is 1.05. The first-order chi connectivity index (χ1) is 14.3. The fourth-order valence-electron chi connectivity index (χ4n) is 2.17. The third-order valence-electron chi connectivity index (χ3n) is 3.76. The molecule has 2 rings (SSSR count). The first-order valence-corrected chi connectivity index (χ1v) is 10.5. The van der Waals surface area contributed by atoms with Gasteiger partial charge in [-0.15, -0.1) is 0 Å². The van der Waals surface area contributed by atoms with Crippen molar-refractivity contribution in [1.82, 2.24) is 9.62 Å². The van der Waals surface area contributed by atoms with Crippen LogP contribution in [-0.4, -0.2) is 65.1 Å². The Morgan fingerprint density at radius 2 is 1.53 bits per heavy atom. The van der Waals surface area contributed by atoms with E-state index in [0.29, 0.717) is 11.5 Å². The standard InChI is InChI=1S/C20H24N2O7S/c1-22(2)30(25,26)18-10-8-17(9-11-18)27-12-13-28-20(24)14-21-19(23)15-29-16-6-4-3-5-7-16/h3-11H,12-15H2,1-2H3,(H,21,23). The van der Waals surface area contributed by atoms with Gasteiger partial charge >= 0.3 is 5.97 Å². The summed E-state index contributed by atoms with van der Waals surface area (Å²) in [5.74, 6) is -0.0613. The molecule has 30 heavy (non-hydrogen) atoms. The Morgan fingerprint density at radius 3 is 2.17 bits per heavy atom. The Balaban J connectivity index is 1.62. The maximum atomic E-state index is 12.0. The van der Waals surface area contributed by atoms with Crippen molar-refractivity contribution in [3.8, 4) is 11.5 Å². The van der Waals surface area contributed by atoms with Crippen molar-refractivity contribution >= 4 is 21.9 Å². The van der Waals surface area contributed by atoms with Gasteiger partial charge in [0.1, 0.15) is 31.3 Å². The molecule has 10 heteroatoms. The first kappa shape index (κ1) is 23.2. The summed E-state index contributed by atoms with van der Waals surface area (Å²) in [4.78, 5) is 23.5. The number of ether oxygens (including phenoxy) is 3. The lowest BCUT2D eigenvalue weighted by molar-refractivity contribution is -0.144. The van der Waals surface area contributed by atoms with E-state index in [2.05, 4.69) is 5.32 Å². The molecule has 2 aromatic carbocycles. The normalized spacial score (nSPS) is 11.0. The Morgan fingerprint density at radius 1 is 0.900 bits per heavy atom. The molecule has 0 unspecified atom stereocenters. The molecule has 1 amide bonds. The second-order valence-corrected chi connectivity index (χ2v) is 8.36. The van der Waals surface area contributed by atoms with E-state index in [4.69, 9.17) is 14.2 Å². The zero-order chi connectivity index (χ0) is 22.0. The summed E-state index contributed by atoms with van der Waals surface area (Å²) in [5, 5.41) is 2.40. The van der Waals surface area contributed by atoms with Gasteiger partial charge < -0.3 is 19.5 Å². The molecule has 0 heterocycles. The largest absolute Gasteiger partial charge is 0.490 e. The van der Waals surface area contributed by atoms with Gasteiger partial charge in [0.15, 0.2) is 6.61 Å². The van der Waals surface area contributed by atoms with Gasteiger partial charge in [-0.2, -0.15) is 0 Å². The fraction of sp³-hybridized carbons (Fsp3) is 0.300. The number of benzene rings is 2. The number of hydrogen-bond acceptors (Lipinski definition) is 7. The molecule has 0 atom stereocenters. The number of para-hydroxylation sites is 1. The molecular weight excluding hydrogens is 412 g/mol. The van der Waals surface area contributed by atoms with Crippen molar-refractivity contribution in [2.24, 2.45) is 0 Å². The minimum atomic E-state index is -3.50. The van der Waals surface area contributed by atoms with Gasteiger partial charge in [-0.25, -0.2) is 12.7 Å². The molecule has 9 nitrogen and oxygen atoms in total. The van der Waals surface area contributed by atoms with E-state index in [-0.39, 0.29) is 31.3 Å². The molecule has 2 aromatic rings. The highest BCUT2D eigenvalue weighted by Gasteiger charge is 2.16. The van der Waals surface area contributed by atoms with Crippen LogP contribution in [0.5, 0.6) is 11.5 Å². The first-order valence-electron chi connectivity index (χ1n) is 9.04. The maximum absolute atomic E-state index is 12.0. The summed E-state index contributed by atoms with van der Waals surface area (Å²) in [7, 11) is -0.596. The van der Waals surface area contributed by atoms with Gasteiger partial charge in [0.05, 0.1) is 4.90 Å². The molecule has 0 fully saturated rings. The third kappa shape index (κ3) is 7.37. The molecule has 0 saturated carbocycles. The van der Waals surface area contributed by atoms with Crippen molar-refractivity contribution in [1.29, 1.82) is 0 Å². The van der Waals surface area contributed by atoms with Crippen LogP contribution in [0.2, 0.25) is 0 Å². The van der Waals surface area contributed by atoms with Crippen LogP contribution in [-0.2, 0) is 24.3 Å². The van der Waals surface area contributed by atoms with Crippen molar-refractivity contribution in [2.45, 2.75) is 4.90 Å². The van der Waals surface area contributed by atoms with Crippen LogP contribution in [0.15, 0.2) is 59.5 Å². The second kappa shape index (κ2) is 11.2. The zero-order valence-electron chi connectivity index (χ0n) is 16.7. The molecule has 0 aromatic heterocycles. The number of carbonyl (C=O) groups is 2. The van der Waals surface area contributed by atoms with Crippen LogP contribution in [0.4, 0.5) is 0 Å². The Hall–Kier alpha value is -3.11. The van der Waals surface area contributed by atoms with Gasteiger partial charge in [-0.3, -0.25) is 9.59 Å². The van der Waals surface area contributed by atoms with Crippen molar-refractivity contribution in [3.63, 3.8) is 0 Å². The van der Waals surface area contributed by atoms with Gasteiger partial charge in [0, 0.05) is 14.1 Å². The topological polar surface area (TPSA) is 111 Å². The van der Waals surface area contributed by atoms with Gasteiger partial charge in [-0.05, 0) is 36.4 Å². The predicted molar refractivity (Wildman–Crippen MR) is 109 cm³/mol. The lowest BCUT2D eigenvalue weighted by Crippen LogP contribution is -2.34. The molecule has 0 saturated heterocycles. The molecule has 1 N–H and O–H groups in total.